The summed E-state index contributed by atoms with van der Waals surface area (Å²) in [6.07, 6.45) is 2.44. The number of aliphatic hydroxyl groups is 1. The molecule has 1 N–H and O–H groups in total. The molecule has 66 valence electrons. The van der Waals surface area contributed by atoms with Gasteiger partial charge >= 0.3 is 0 Å². The summed E-state index contributed by atoms with van der Waals surface area (Å²) in [6.45, 7) is 5.50. The first-order valence-electron chi connectivity index (χ1n) is 4.46. The van der Waals surface area contributed by atoms with Crippen LogP contribution in [0.5, 0.6) is 0 Å². The normalized spacial score (nSPS) is 32.7. The second-order valence-corrected chi connectivity index (χ2v) is 3.73. The molecule has 1 fully saturated rings. The molecule has 2 heteroatoms. The van der Waals surface area contributed by atoms with Gasteiger partial charge in [-0.05, 0) is 24.7 Å². The third-order valence-corrected chi connectivity index (χ3v) is 2.43. The lowest BCUT2D eigenvalue weighted by molar-refractivity contribution is -0.0438. The highest BCUT2D eigenvalue weighted by Gasteiger charge is 2.23. The van der Waals surface area contributed by atoms with E-state index in [1.807, 2.05) is 0 Å². The molecule has 0 aromatic carbocycles. The van der Waals surface area contributed by atoms with Crippen LogP contribution in [0.1, 0.15) is 26.7 Å². The zero-order valence-corrected chi connectivity index (χ0v) is 7.42. The van der Waals surface area contributed by atoms with Crippen molar-refractivity contribution in [3.63, 3.8) is 0 Å². The minimum absolute atomic E-state index is 0.326. The van der Waals surface area contributed by atoms with Gasteiger partial charge in [-0.15, -0.1) is 0 Å². The fourth-order valence-corrected chi connectivity index (χ4v) is 1.53. The highest BCUT2D eigenvalue weighted by molar-refractivity contribution is 4.73. The summed E-state index contributed by atoms with van der Waals surface area (Å²) in [5.41, 5.74) is 0. The van der Waals surface area contributed by atoms with Gasteiger partial charge in [0.25, 0.3) is 0 Å². The molecule has 2 atom stereocenters. The van der Waals surface area contributed by atoms with Crippen LogP contribution >= 0.6 is 0 Å². The molecule has 11 heavy (non-hydrogen) atoms. The summed E-state index contributed by atoms with van der Waals surface area (Å²) >= 11 is 0. The summed E-state index contributed by atoms with van der Waals surface area (Å²) in [5.74, 6) is 1.07. The molecule has 0 bridgehead atoms. The van der Waals surface area contributed by atoms with Gasteiger partial charge in [0.05, 0.1) is 6.10 Å². The van der Waals surface area contributed by atoms with Crippen LogP contribution in [0.2, 0.25) is 0 Å². The van der Waals surface area contributed by atoms with Crippen molar-refractivity contribution in [1.29, 1.82) is 0 Å². The van der Waals surface area contributed by atoms with E-state index in [0.717, 1.165) is 19.4 Å². The summed E-state index contributed by atoms with van der Waals surface area (Å²) in [7, 11) is 0. The van der Waals surface area contributed by atoms with Crippen molar-refractivity contribution in [3.8, 4) is 0 Å². The van der Waals surface area contributed by atoms with E-state index in [1.165, 1.54) is 0 Å². The molecule has 0 spiro atoms. The largest absolute Gasteiger partial charge is 0.396 e. The first-order chi connectivity index (χ1) is 5.24. The quantitative estimate of drug-likeness (QED) is 0.658. The maximum Gasteiger partial charge on any atom is 0.0601 e. The topological polar surface area (TPSA) is 29.5 Å². The summed E-state index contributed by atoms with van der Waals surface area (Å²) in [4.78, 5) is 0. The Balaban J connectivity index is 2.33. The number of rotatable bonds is 2. The fourth-order valence-electron chi connectivity index (χ4n) is 1.53. The Labute approximate surface area is 68.6 Å². The van der Waals surface area contributed by atoms with E-state index in [4.69, 9.17) is 9.84 Å². The summed E-state index contributed by atoms with van der Waals surface area (Å²) < 4.78 is 5.56. The maximum absolute atomic E-state index is 8.94. The average Bonchev–Trinajstić information content (AvgIpc) is 2.05. The first-order valence-corrected chi connectivity index (χ1v) is 4.46. The Kier molecular flexibility index (Phi) is 3.34. The van der Waals surface area contributed by atoms with Gasteiger partial charge < -0.3 is 9.84 Å². The Morgan fingerprint density at radius 1 is 1.55 bits per heavy atom. The molecule has 0 aromatic heterocycles. The monoisotopic (exact) mass is 158 g/mol. The molecule has 1 aliphatic rings. The minimum atomic E-state index is 0.326. The molecule has 1 saturated heterocycles. The van der Waals surface area contributed by atoms with Gasteiger partial charge in [-0.25, -0.2) is 0 Å². The van der Waals surface area contributed by atoms with Crippen LogP contribution < -0.4 is 0 Å². The zero-order valence-electron chi connectivity index (χ0n) is 7.42. The Morgan fingerprint density at radius 2 is 2.27 bits per heavy atom. The number of aliphatic hydroxyl groups excluding tert-OH is 1. The van der Waals surface area contributed by atoms with Crippen LogP contribution in [0.3, 0.4) is 0 Å². The Bertz CT molecular complexity index is 112. The van der Waals surface area contributed by atoms with Crippen LogP contribution in [-0.2, 0) is 4.74 Å². The second kappa shape index (κ2) is 4.07. The van der Waals surface area contributed by atoms with E-state index in [0.29, 0.717) is 24.5 Å². The molecule has 0 aliphatic carbocycles. The minimum Gasteiger partial charge on any atom is -0.396 e. The number of hydrogen-bond acceptors (Lipinski definition) is 2. The molecule has 0 amide bonds. The highest BCUT2D eigenvalue weighted by atomic mass is 16.5. The van der Waals surface area contributed by atoms with E-state index >= 15 is 0 Å². The smallest absolute Gasteiger partial charge is 0.0601 e. The molecule has 1 heterocycles. The fraction of sp³-hybridized carbons (Fsp3) is 1.00. The number of ether oxygens (including phenoxy) is 1. The molecular weight excluding hydrogens is 140 g/mol. The van der Waals surface area contributed by atoms with Gasteiger partial charge in [0.2, 0.25) is 0 Å². The van der Waals surface area contributed by atoms with Gasteiger partial charge in [0, 0.05) is 13.2 Å². The van der Waals surface area contributed by atoms with Crippen LogP contribution in [0, 0.1) is 11.8 Å². The lowest BCUT2D eigenvalue weighted by atomic mass is 9.91. The van der Waals surface area contributed by atoms with Gasteiger partial charge in [-0.3, -0.25) is 0 Å². The van der Waals surface area contributed by atoms with Crippen molar-refractivity contribution in [1.82, 2.24) is 0 Å². The first kappa shape index (κ1) is 9.01. The van der Waals surface area contributed by atoms with E-state index in [-0.39, 0.29) is 0 Å². The van der Waals surface area contributed by atoms with Gasteiger partial charge in [0.15, 0.2) is 0 Å². The SMILES string of the molecule is CC(C)[C@H]1C[C@@H](CO)CCO1. The Hall–Kier alpha value is -0.0800. The lowest BCUT2D eigenvalue weighted by Crippen LogP contribution is -2.31. The summed E-state index contributed by atoms with van der Waals surface area (Å²) in [5, 5.41) is 8.94. The third kappa shape index (κ3) is 2.46. The van der Waals surface area contributed by atoms with Crippen molar-refractivity contribution < 1.29 is 9.84 Å². The molecule has 0 saturated carbocycles. The van der Waals surface area contributed by atoms with Crippen molar-refractivity contribution in [2.75, 3.05) is 13.2 Å². The molecule has 2 nitrogen and oxygen atoms in total. The van der Waals surface area contributed by atoms with Crippen LogP contribution in [0.25, 0.3) is 0 Å². The van der Waals surface area contributed by atoms with Crippen molar-refractivity contribution in [2.45, 2.75) is 32.8 Å². The standard InChI is InChI=1S/C9H18O2/c1-7(2)9-5-8(6-10)3-4-11-9/h7-10H,3-6H2,1-2H3/t8-,9+/m0/s1. The molecule has 1 rings (SSSR count). The van der Waals surface area contributed by atoms with E-state index in [9.17, 15) is 0 Å². The predicted molar refractivity (Wildman–Crippen MR) is 44.4 cm³/mol. The van der Waals surface area contributed by atoms with Crippen LogP contribution in [-0.4, -0.2) is 24.4 Å². The highest BCUT2D eigenvalue weighted by Crippen LogP contribution is 2.24. The van der Waals surface area contributed by atoms with Crippen molar-refractivity contribution >= 4 is 0 Å². The van der Waals surface area contributed by atoms with Gasteiger partial charge in [-0.2, -0.15) is 0 Å². The second-order valence-electron chi connectivity index (χ2n) is 3.73. The van der Waals surface area contributed by atoms with Gasteiger partial charge in [0.1, 0.15) is 0 Å². The van der Waals surface area contributed by atoms with Crippen molar-refractivity contribution in [2.24, 2.45) is 11.8 Å². The average molecular weight is 158 g/mol. The molecule has 0 unspecified atom stereocenters. The predicted octanol–water partition coefficient (Wildman–Crippen LogP) is 1.43. The van der Waals surface area contributed by atoms with E-state index in [1.54, 1.807) is 0 Å². The van der Waals surface area contributed by atoms with E-state index < -0.39 is 0 Å². The lowest BCUT2D eigenvalue weighted by Gasteiger charge is -2.30. The zero-order chi connectivity index (χ0) is 8.27. The maximum atomic E-state index is 8.94. The molecular formula is C9H18O2. The van der Waals surface area contributed by atoms with Crippen LogP contribution in [0.15, 0.2) is 0 Å². The Morgan fingerprint density at radius 3 is 2.82 bits per heavy atom. The van der Waals surface area contributed by atoms with Gasteiger partial charge in [-0.1, -0.05) is 13.8 Å². The molecule has 0 radical (unpaired) electrons. The van der Waals surface area contributed by atoms with Crippen molar-refractivity contribution in [3.05, 3.63) is 0 Å². The number of hydrogen-bond donors (Lipinski definition) is 1. The molecule has 0 aromatic rings. The third-order valence-electron chi connectivity index (χ3n) is 2.43. The molecule has 1 aliphatic heterocycles. The van der Waals surface area contributed by atoms with Crippen LogP contribution in [0.4, 0.5) is 0 Å². The van der Waals surface area contributed by atoms with E-state index in [2.05, 4.69) is 13.8 Å². The summed E-state index contributed by atoms with van der Waals surface area (Å²) in [6, 6.07) is 0.